The molecule has 1 amide bonds. The van der Waals surface area contributed by atoms with E-state index in [0.717, 1.165) is 18.5 Å². The van der Waals surface area contributed by atoms with Crippen molar-refractivity contribution in [2.75, 3.05) is 38.1 Å². The van der Waals surface area contributed by atoms with Gasteiger partial charge < -0.3 is 9.80 Å². The van der Waals surface area contributed by atoms with Crippen LogP contribution in [0.5, 0.6) is 0 Å². The van der Waals surface area contributed by atoms with Gasteiger partial charge in [0.1, 0.15) is 0 Å². The van der Waals surface area contributed by atoms with Crippen LogP contribution in [0.1, 0.15) is 33.9 Å². The summed E-state index contributed by atoms with van der Waals surface area (Å²) < 4.78 is 28.3. The van der Waals surface area contributed by atoms with Crippen LogP contribution in [0, 0.1) is 0 Å². The fourth-order valence-corrected chi connectivity index (χ4v) is 6.51. The van der Waals surface area contributed by atoms with Crippen LogP contribution in [-0.2, 0) is 16.4 Å². The van der Waals surface area contributed by atoms with Crippen molar-refractivity contribution < 1.29 is 13.2 Å². The third kappa shape index (κ3) is 4.21. The summed E-state index contributed by atoms with van der Waals surface area (Å²) in [5, 5.41) is 0. The fraction of sp³-hybridized carbons (Fsp3) is 0.296. The molecule has 0 spiro atoms. The Morgan fingerprint density at radius 3 is 2.35 bits per heavy atom. The summed E-state index contributed by atoms with van der Waals surface area (Å²) in [7, 11) is -1.88. The minimum absolute atomic E-state index is 0.00928. The number of anilines is 1. The van der Waals surface area contributed by atoms with E-state index in [9.17, 15) is 13.2 Å². The number of hydrogen-bond donors (Lipinski definition) is 0. The molecule has 1 saturated heterocycles. The Labute approximate surface area is 201 Å². The van der Waals surface area contributed by atoms with Crippen molar-refractivity contribution in [1.29, 1.82) is 0 Å². The van der Waals surface area contributed by atoms with E-state index in [1.807, 2.05) is 42.5 Å². The Balaban J connectivity index is 1.31. The summed E-state index contributed by atoms with van der Waals surface area (Å²) in [5.41, 5.74) is 3.95. The standard InChI is InChI=1S/C27H29N3O3S/c1-28(26-15-14-21-8-5-6-13-25(21)26)27(31)22-9-7-12-24(20-22)34(32,33)30-18-16-29(17-19-30)23-10-3-2-4-11-23/h2-13,20,26H,14-19H2,1H3. The Kier molecular flexibility index (Phi) is 6.15. The van der Waals surface area contributed by atoms with E-state index < -0.39 is 10.0 Å². The van der Waals surface area contributed by atoms with Gasteiger partial charge in [-0.1, -0.05) is 48.5 Å². The van der Waals surface area contributed by atoms with Crippen LogP contribution in [0.15, 0.2) is 83.8 Å². The van der Waals surface area contributed by atoms with Crippen molar-refractivity contribution in [1.82, 2.24) is 9.21 Å². The van der Waals surface area contributed by atoms with Crippen molar-refractivity contribution in [2.45, 2.75) is 23.8 Å². The molecule has 0 saturated carbocycles. The van der Waals surface area contributed by atoms with Gasteiger partial charge in [0.05, 0.1) is 10.9 Å². The molecule has 1 atom stereocenters. The van der Waals surface area contributed by atoms with E-state index in [-0.39, 0.29) is 16.8 Å². The highest BCUT2D eigenvalue weighted by atomic mass is 32.2. The first kappa shape index (κ1) is 22.6. The maximum atomic E-state index is 13.4. The van der Waals surface area contributed by atoms with Gasteiger partial charge in [-0.3, -0.25) is 4.79 Å². The van der Waals surface area contributed by atoms with Crippen LogP contribution in [0.2, 0.25) is 0 Å². The zero-order valence-electron chi connectivity index (χ0n) is 19.3. The van der Waals surface area contributed by atoms with Crippen molar-refractivity contribution in [3.05, 3.63) is 95.6 Å². The smallest absolute Gasteiger partial charge is 0.254 e. The summed E-state index contributed by atoms with van der Waals surface area (Å²) in [4.78, 5) is 17.4. The Morgan fingerprint density at radius 1 is 0.882 bits per heavy atom. The fourth-order valence-electron chi connectivity index (χ4n) is 5.05. The van der Waals surface area contributed by atoms with Crippen molar-refractivity contribution in [2.24, 2.45) is 0 Å². The molecule has 1 unspecified atom stereocenters. The van der Waals surface area contributed by atoms with Gasteiger partial charge in [0, 0.05) is 44.5 Å². The highest BCUT2D eigenvalue weighted by Gasteiger charge is 2.31. The number of para-hydroxylation sites is 1. The van der Waals surface area contributed by atoms with Gasteiger partial charge in [-0.15, -0.1) is 0 Å². The van der Waals surface area contributed by atoms with Crippen LogP contribution in [0.4, 0.5) is 5.69 Å². The van der Waals surface area contributed by atoms with Crippen molar-refractivity contribution in [3.8, 4) is 0 Å². The number of aryl methyl sites for hydroxylation is 1. The van der Waals surface area contributed by atoms with Gasteiger partial charge in [0.25, 0.3) is 5.91 Å². The topological polar surface area (TPSA) is 60.9 Å². The number of amides is 1. The molecule has 1 aliphatic heterocycles. The molecule has 0 radical (unpaired) electrons. The highest BCUT2D eigenvalue weighted by Crippen LogP contribution is 2.35. The zero-order valence-corrected chi connectivity index (χ0v) is 20.1. The molecule has 0 aromatic heterocycles. The van der Waals surface area contributed by atoms with E-state index in [4.69, 9.17) is 0 Å². The monoisotopic (exact) mass is 475 g/mol. The largest absolute Gasteiger partial charge is 0.369 e. The molecule has 5 rings (SSSR count). The molecule has 1 heterocycles. The first-order valence-electron chi connectivity index (χ1n) is 11.7. The SMILES string of the molecule is CN(C(=O)c1cccc(S(=O)(=O)N2CCN(c3ccccc3)CC2)c1)C1CCc2ccccc21. The number of carbonyl (C=O) groups is 1. The van der Waals surface area contributed by atoms with E-state index in [1.165, 1.54) is 21.5 Å². The predicted octanol–water partition coefficient (Wildman–Crippen LogP) is 3.96. The first-order valence-corrected chi connectivity index (χ1v) is 13.1. The number of carbonyl (C=O) groups excluding carboxylic acids is 1. The zero-order chi connectivity index (χ0) is 23.7. The summed E-state index contributed by atoms with van der Waals surface area (Å²) in [6.07, 6.45) is 1.83. The van der Waals surface area contributed by atoms with E-state index in [2.05, 4.69) is 17.0 Å². The average molecular weight is 476 g/mol. The van der Waals surface area contributed by atoms with E-state index in [0.29, 0.717) is 31.7 Å². The molecule has 176 valence electrons. The second kappa shape index (κ2) is 9.24. The summed E-state index contributed by atoms with van der Waals surface area (Å²) in [6.45, 7) is 2.08. The van der Waals surface area contributed by atoms with Gasteiger partial charge in [0.2, 0.25) is 10.0 Å². The molecule has 0 N–H and O–H groups in total. The number of rotatable bonds is 5. The molecule has 3 aromatic rings. The minimum atomic E-state index is -3.68. The molecule has 1 fully saturated rings. The second-order valence-corrected chi connectivity index (χ2v) is 10.9. The number of hydrogen-bond acceptors (Lipinski definition) is 4. The van der Waals surface area contributed by atoms with E-state index >= 15 is 0 Å². The third-order valence-electron chi connectivity index (χ3n) is 6.97. The molecule has 0 bridgehead atoms. The number of sulfonamides is 1. The number of fused-ring (bicyclic) bond motifs is 1. The van der Waals surface area contributed by atoms with E-state index in [1.54, 1.807) is 30.1 Å². The average Bonchev–Trinajstić information content (AvgIpc) is 3.33. The maximum Gasteiger partial charge on any atom is 0.254 e. The maximum absolute atomic E-state index is 13.4. The van der Waals surface area contributed by atoms with Gasteiger partial charge in [-0.05, 0) is 54.3 Å². The highest BCUT2D eigenvalue weighted by molar-refractivity contribution is 7.89. The number of nitrogens with zero attached hydrogens (tertiary/aromatic N) is 3. The molecule has 3 aromatic carbocycles. The van der Waals surface area contributed by atoms with Crippen LogP contribution in [0.3, 0.4) is 0 Å². The molecule has 2 aliphatic rings. The minimum Gasteiger partial charge on any atom is -0.369 e. The van der Waals surface area contributed by atoms with Gasteiger partial charge in [-0.2, -0.15) is 4.31 Å². The van der Waals surface area contributed by atoms with Crippen LogP contribution < -0.4 is 4.90 Å². The van der Waals surface area contributed by atoms with Gasteiger partial charge >= 0.3 is 0 Å². The van der Waals surface area contributed by atoms with Gasteiger partial charge in [0.15, 0.2) is 0 Å². The lowest BCUT2D eigenvalue weighted by molar-refractivity contribution is 0.0730. The van der Waals surface area contributed by atoms with Crippen LogP contribution in [0.25, 0.3) is 0 Å². The molecular formula is C27H29N3O3S. The summed E-state index contributed by atoms with van der Waals surface area (Å²) >= 11 is 0. The van der Waals surface area contributed by atoms with Gasteiger partial charge in [-0.25, -0.2) is 8.42 Å². The Morgan fingerprint density at radius 2 is 1.59 bits per heavy atom. The Hall–Kier alpha value is -3.16. The lowest BCUT2D eigenvalue weighted by atomic mass is 10.1. The molecular weight excluding hydrogens is 446 g/mol. The Bertz CT molecular complexity index is 1290. The quantitative estimate of drug-likeness (QED) is 0.561. The second-order valence-electron chi connectivity index (χ2n) is 8.92. The molecule has 34 heavy (non-hydrogen) atoms. The van der Waals surface area contributed by atoms with Crippen LogP contribution in [-0.4, -0.2) is 56.8 Å². The number of piperazine rings is 1. The first-order chi connectivity index (χ1) is 16.4. The summed E-state index contributed by atoms with van der Waals surface area (Å²) in [5.74, 6) is -0.160. The molecule has 6 nitrogen and oxygen atoms in total. The lowest BCUT2D eigenvalue weighted by Crippen LogP contribution is -2.48. The predicted molar refractivity (Wildman–Crippen MR) is 133 cm³/mol. The molecule has 1 aliphatic carbocycles. The van der Waals surface area contributed by atoms with Crippen molar-refractivity contribution >= 4 is 21.6 Å². The van der Waals surface area contributed by atoms with Crippen molar-refractivity contribution in [3.63, 3.8) is 0 Å². The number of benzene rings is 3. The lowest BCUT2D eigenvalue weighted by Gasteiger charge is -2.35. The van der Waals surface area contributed by atoms with Crippen LogP contribution >= 0.6 is 0 Å². The third-order valence-corrected chi connectivity index (χ3v) is 8.86. The normalized spacial score (nSPS) is 18.5. The summed E-state index contributed by atoms with van der Waals surface area (Å²) in [6, 6.07) is 24.7. The molecule has 7 heteroatoms.